The fraction of sp³-hybridized carbons (Fsp3) is 0.364. The molecule has 2 aromatic rings. The van der Waals surface area contributed by atoms with Gasteiger partial charge in [-0.15, -0.1) is 0 Å². The molecule has 0 amide bonds. The predicted octanol–water partition coefficient (Wildman–Crippen LogP) is 3.01. The minimum absolute atomic E-state index is 0.0408. The van der Waals surface area contributed by atoms with Gasteiger partial charge in [0.2, 0.25) is 5.88 Å². The van der Waals surface area contributed by atoms with Crippen LogP contribution in [0.25, 0.3) is 0 Å². The number of aryl methyl sites for hydroxylation is 1. The van der Waals surface area contributed by atoms with Gasteiger partial charge in [-0.2, -0.15) is 5.26 Å². The number of halogens is 2. The van der Waals surface area contributed by atoms with E-state index in [9.17, 15) is 10.1 Å². The van der Waals surface area contributed by atoms with Gasteiger partial charge in [-0.3, -0.25) is 9.69 Å². The van der Waals surface area contributed by atoms with E-state index in [1.807, 2.05) is 6.92 Å². The second kappa shape index (κ2) is 8.93. The third-order valence-electron chi connectivity index (χ3n) is 5.73. The van der Waals surface area contributed by atoms with Crippen LogP contribution in [-0.2, 0) is 11.3 Å². The average molecular weight is 461 g/mol. The number of allylic oxidation sites excluding steroid dienone is 1. The molecule has 9 heteroatoms. The highest BCUT2D eigenvalue weighted by atomic mass is 35.5. The van der Waals surface area contributed by atoms with Crippen molar-refractivity contribution >= 4 is 23.2 Å². The largest absolute Gasteiger partial charge is 0.440 e. The van der Waals surface area contributed by atoms with Crippen LogP contribution in [0, 0.1) is 18.3 Å². The summed E-state index contributed by atoms with van der Waals surface area (Å²) in [7, 11) is 0. The molecule has 1 fully saturated rings. The van der Waals surface area contributed by atoms with Gasteiger partial charge in [0.15, 0.2) is 0 Å². The van der Waals surface area contributed by atoms with E-state index in [-0.39, 0.29) is 22.0 Å². The fourth-order valence-corrected chi connectivity index (χ4v) is 4.50. The van der Waals surface area contributed by atoms with Gasteiger partial charge in [-0.25, -0.2) is 0 Å². The summed E-state index contributed by atoms with van der Waals surface area (Å²) in [6, 6.07) is 9.01. The quantitative estimate of drug-likeness (QED) is 0.753. The third-order valence-corrected chi connectivity index (χ3v) is 6.56. The van der Waals surface area contributed by atoms with Gasteiger partial charge in [0.05, 0.1) is 34.7 Å². The second-order valence-corrected chi connectivity index (χ2v) is 8.33. The van der Waals surface area contributed by atoms with E-state index >= 15 is 0 Å². The van der Waals surface area contributed by atoms with E-state index in [2.05, 4.69) is 11.0 Å². The van der Waals surface area contributed by atoms with Crippen molar-refractivity contribution in [3.05, 3.63) is 72.9 Å². The van der Waals surface area contributed by atoms with Gasteiger partial charge in [0.25, 0.3) is 5.56 Å². The Kier molecular flexibility index (Phi) is 6.26. The molecule has 7 nitrogen and oxygen atoms in total. The number of hydrogen-bond acceptors (Lipinski definition) is 6. The number of morpholine rings is 1. The number of nitrogens with two attached hydrogens (primary N) is 1. The molecule has 1 aromatic carbocycles. The highest BCUT2D eigenvalue weighted by molar-refractivity contribution is 6.42. The van der Waals surface area contributed by atoms with Gasteiger partial charge in [0.1, 0.15) is 17.4 Å². The Balaban J connectivity index is 1.82. The van der Waals surface area contributed by atoms with Crippen LogP contribution in [0.5, 0.6) is 5.75 Å². The zero-order valence-corrected chi connectivity index (χ0v) is 18.5. The standard InChI is InChI=1S/C22H22Cl2N4O3/c1-13-11-17-19(22(29)28(13)6-5-27-7-9-30-10-8-27)18(15(12-25)21(26)31-17)14-3-2-4-16(23)20(14)24/h2-4,11,18H,5-10,26H2,1H3. The Morgan fingerprint density at radius 1 is 1.26 bits per heavy atom. The molecule has 0 aliphatic carbocycles. The summed E-state index contributed by atoms with van der Waals surface area (Å²) in [5.41, 5.74) is 7.58. The maximum atomic E-state index is 13.6. The van der Waals surface area contributed by atoms with Crippen molar-refractivity contribution in [1.29, 1.82) is 5.26 Å². The van der Waals surface area contributed by atoms with E-state index < -0.39 is 5.92 Å². The molecule has 0 bridgehead atoms. The SMILES string of the molecule is Cc1cc2c(c(=O)n1CCN1CCOCC1)C(c1cccc(Cl)c1Cl)C(C#N)=C(N)O2. The molecular formula is C22H22Cl2N4O3. The van der Waals surface area contributed by atoms with Crippen LogP contribution >= 0.6 is 23.2 Å². The molecule has 162 valence electrons. The summed E-state index contributed by atoms with van der Waals surface area (Å²) < 4.78 is 12.8. The number of rotatable bonds is 4. The average Bonchev–Trinajstić information content (AvgIpc) is 2.75. The molecule has 1 aromatic heterocycles. The van der Waals surface area contributed by atoms with Crippen molar-refractivity contribution in [2.45, 2.75) is 19.4 Å². The molecule has 2 aliphatic heterocycles. The zero-order valence-electron chi connectivity index (χ0n) is 17.0. The number of aromatic nitrogens is 1. The summed E-state index contributed by atoms with van der Waals surface area (Å²) in [6.07, 6.45) is 0. The Morgan fingerprint density at radius 2 is 2.00 bits per heavy atom. The van der Waals surface area contributed by atoms with Crippen LogP contribution < -0.4 is 16.0 Å². The van der Waals surface area contributed by atoms with Crippen LogP contribution in [0.2, 0.25) is 10.0 Å². The van der Waals surface area contributed by atoms with E-state index in [1.165, 1.54) is 0 Å². The Hall–Kier alpha value is -2.50. The molecule has 0 spiro atoms. The molecule has 1 unspecified atom stereocenters. The summed E-state index contributed by atoms with van der Waals surface area (Å²) in [4.78, 5) is 15.9. The molecule has 1 saturated heterocycles. The first kappa shape index (κ1) is 21.7. The monoisotopic (exact) mass is 460 g/mol. The first-order valence-corrected chi connectivity index (χ1v) is 10.7. The minimum Gasteiger partial charge on any atom is -0.440 e. The normalized spacial score (nSPS) is 19.0. The lowest BCUT2D eigenvalue weighted by Gasteiger charge is -2.29. The fourth-order valence-electron chi connectivity index (χ4n) is 4.08. The van der Waals surface area contributed by atoms with Crippen molar-refractivity contribution in [3.8, 4) is 11.8 Å². The number of hydrogen-bond donors (Lipinski definition) is 1. The van der Waals surface area contributed by atoms with Gasteiger partial charge in [-0.05, 0) is 18.6 Å². The molecule has 0 radical (unpaired) electrons. The second-order valence-electron chi connectivity index (χ2n) is 7.54. The number of benzene rings is 1. The van der Waals surface area contributed by atoms with Gasteiger partial charge in [0, 0.05) is 37.9 Å². The summed E-state index contributed by atoms with van der Waals surface area (Å²) in [5, 5.41) is 10.4. The lowest BCUT2D eigenvalue weighted by atomic mass is 9.84. The first-order chi connectivity index (χ1) is 14.9. The van der Waals surface area contributed by atoms with Crippen molar-refractivity contribution in [3.63, 3.8) is 0 Å². The highest BCUT2D eigenvalue weighted by Gasteiger charge is 2.35. The van der Waals surface area contributed by atoms with Crippen LogP contribution in [-0.4, -0.2) is 42.3 Å². The van der Waals surface area contributed by atoms with Crippen LogP contribution in [0.15, 0.2) is 40.5 Å². The highest BCUT2D eigenvalue weighted by Crippen LogP contribution is 2.44. The lowest BCUT2D eigenvalue weighted by Crippen LogP contribution is -2.40. The summed E-state index contributed by atoms with van der Waals surface area (Å²) in [5.74, 6) is -0.466. The summed E-state index contributed by atoms with van der Waals surface area (Å²) in [6.45, 7) is 6.13. The predicted molar refractivity (Wildman–Crippen MR) is 118 cm³/mol. The molecule has 4 rings (SSSR count). The number of fused-ring (bicyclic) bond motifs is 1. The van der Waals surface area contributed by atoms with E-state index in [0.29, 0.717) is 41.7 Å². The third kappa shape index (κ3) is 4.04. The Bertz CT molecular complexity index is 1150. The molecule has 3 heterocycles. The lowest BCUT2D eigenvalue weighted by molar-refractivity contribution is 0.0362. The van der Waals surface area contributed by atoms with Gasteiger partial charge in [-0.1, -0.05) is 35.3 Å². The van der Waals surface area contributed by atoms with Crippen LogP contribution in [0.4, 0.5) is 0 Å². The van der Waals surface area contributed by atoms with Crippen molar-refractivity contribution in [2.75, 3.05) is 32.8 Å². The van der Waals surface area contributed by atoms with Gasteiger partial charge >= 0.3 is 0 Å². The van der Waals surface area contributed by atoms with Crippen molar-refractivity contribution < 1.29 is 9.47 Å². The Labute approximate surface area is 190 Å². The first-order valence-electron chi connectivity index (χ1n) is 9.98. The number of nitrogens with zero attached hydrogens (tertiary/aromatic N) is 3. The number of ether oxygens (including phenoxy) is 2. The molecule has 2 N–H and O–H groups in total. The summed E-state index contributed by atoms with van der Waals surface area (Å²) >= 11 is 12.7. The minimum atomic E-state index is -0.761. The van der Waals surface area contributed by atoms with Crippen LogP contribution in [0.3, 0.4) is 0 Å². The zero-order chi connectivity index (χ0) is 22.1. The topological polar surface area (TPSA) is 93.5 Å². The molecule has 2 aliphatic rings. The number of pyridine rings is 1. The van der Waals surface area contributed by atoms with Crippen LogP contribution in [0.1, 0.15) is 22.7 Å². The van der Waals surface area contributed by atoms with E-state index in [4.69, 9.17) is 38.4 Å². The smallest absolute Gasteiger partial charge is 0.258 e. The maximum absolute atomic E-state index is 13.6. The maximum Gasteiger partial charge on any atom is 0.258 e. The van der Waals surface area contributed by atoms with Crippen molar-refractivity contribution in [1.82, 2.24) is 9.47 Å². The molecular weight excluding hydrogens is 439 g/mol. The molecule has 31 heavy (non-hydrogen) atoms. The molecule has 0 saturated carbocycles. The van der Waals surface area contributed by atoms with Crippen molar-refractivity contribution in [2.24, 2.45) is 5.73 Å². The molecule has 1 atom stereocenters. The Morgan fingerprint density at radius 3 is 2.71 bits per heavy atom. The number of nitriles is 1. The van der Waals surface area contributed by atoms with E-state index in [1.54, 1.807) is 28.8 Å². The van der Waals surface area contributed by atoms with E-state index in [0.717, 1.165) is 25.3 Å². The van der Waals surface area contributed by atoms with Gasteiger partial charge < -0.3 is 19.8 Å².